The number of unbranched alkanes of at least 4 members (excludes halogenated alkanes) is 5. The average molecular weight is 256 g/mol. The predicted octanol–water partition coefficient (Wildman–Crippen LogP) is 4.61. The summed E-state index contributed by atoms with van der Waals surface area (Å²) in [4.78, 5) is 3.94. The van der Waals surface area contributed by atoms with E-state index in [9.17, 15) is 0 Å². The molecule has 0 unspecified atom stereocenters. The van der Waals surface area contributed by atoms with Crippen LogP contribution in [0.3, 0.4) is 0 Å². The van der Waals surface area contributed by atoms with E-state index in [1.54, 1.807) is 6.20 Å². The van der Waals surface area contributed by atoms with E-state index in [-0.39, 0.29) is 0 Å². The topological polar surface area (TPSA) is 22.1 Å². The Morgan fingerprint density at radius 2 is 1.94 bits per heavy atom. The maximum Gasteiger partial charge on any atom is 0.129 e. The Balaban J connectivity index is 1.97. The van der Waals surface area contributed by atoms with Gasteiger partial charge >= 0.3 is 0 Å². The normalized spacial score (nSPS) is 10.7. The van der Waals surface area contributed by atoms with Crippen LogP contribution in [0.4, 0.5) is 0 Å². The van der Waals surface area contributed by atoms with Crippen molar-refractivity contribution in [2.75, 3.05) is 6.61 Å². The van der Waals surface area contributed by atoms with E-state index in [2.05, 4.69) is 11.9 Å². The second kappa shape index (κ2) is 9.43. The van der Waals surface area contributed by atoms with E-state index in [0.29, 0.717) is 11.8 Å². The fraction of sp³-hybridized carbons (Fsp3) is 0.643. The van der Waals surface area contributed by atoms with Crippen LogP contribution in [0.5, 0.6) is 0 Å². The lowest BCUT2D eigenvalue weighted by Crippen LogP contribution is -1.96. The second-order valence-corrected chi connectivity index (χ2v) is 4.69. The van der Waals surface area contributed by atoms with E-state index in [4.69, 9.17) is 16.3 Å². The largest absolute Gasteiger partial charge is 0.377 e. The zero-order chi connectivity index (χ0) is 12.3. The second-order valence-electron chi connectivity index (χ2n) is 4.31. The molecule has 0 radical (unpaired) electrons. The summed E-state index contributed by atoms with van der Waals surface area (Å²) < 4.78 is 5.59. The summed E-state index contributed by atoms with van der Waals surface area (Å²) in [6, 6.07) is 3.79. The van der Waals surface area contributed by atoms with Crippen LogP contribution in [0.15, 0.2) is 18.3 Å². The Morgan fingerprint density at radius 3 is 2.71 bits per heavy atom. The summed E-state index contributed by atoms with van der Waals surface area (Å²) in [5.41, 5.74) is 1.09. The van der Waals surface area contributed by atoms with Gasteiger partial charge in [0, 0.05) is 12.8 Å². The molecule has 0 spiro atoms. The third kappa shape index (κ3) is 7.35. The van der Waals surface area contributed by atoms with E-state index in [1.807, 2.05) is 12.1 Å². The minimum Gasteiger partial charge on any atom is -0.377 e. The molecule has 3 heteroatoms. The molecule has 0 atom stereocenters. The number of rotatable bonds is 9. The van der Waals surface area contributed by atoms with Crippen LogP contribution in [0.25, 0.3) is 0 Å². The first kappa shape index (κ1) is 14.5. The molecular formula is C14H22ClNO. The van der Waals surface area contributed by atoms with Gasteiger partial charge in [-0.3, -0.25) is 0 Å². The van der Waals surface area contributed by atoms with Crippen LogP contribution in [-0.4, -0.2) is 11.6 Å². The van der Waals surface area contributed by atoms with E-state index in [1.165, 1.54) is 32.1 Å². The van der Waals surface area contributed by atoms with Gasteiger partial charge in [0.2, 0.25) is 0 Å². The molecule has 1 aromatic rings. The molecule has 0 bridgehead atoms. The Kier molecular flexibility index (Phi) is 8.02. The lowest BCUT2D eigenvalue weighted by molar-refractivity contribution is 0.116. The summed E-state index contributed by atoms with van der Waals surface area (Å²) in [6.45, 7) is 3.71. The summed E-state index contributed by atoms with van der Waals surface area (Å²) in [6.07, 6.45) is 9.50. The first-order valence-electron chi connectivity index (χ1n) is 6.51. The van der Waals surface area contributed by atoms with Crippen LogP contribution < -0.4 is 0 Å². The molecule has 0 amide bonds. The van der Waals surface area contributed by atoms with Gasteiger partial charge in [0.15, 0.2) is 0 Å². The highest BCUT2D eigenvalue weighted by Crippen LogP contribution is 2.09. The monoisotopic (exact) mass is 255 g/mol. The van der Waals surface area contributed by atoms with Crippen LogP contribution in [-0.2, 0) is 11.3 Å². The van der Waals surface area contributed by atoms with E-state index < -0.39 is 0 Å². The summed E-state index contributed by atoms with van der Waals surface area (Å²) in [7, 11) is 0. The molecule has 1 heterocycles. The molecule has 0 N–H and O–H groups in total. The van der Waals surface area contributed by atoms with Crippen molar-refractivity contribution in [3.8, 4) is 0 Å². The fourth-order valence-electron chi connectivity index (χ4n) is 1.71. The van der Waals surface area contributed by atoms with Crippen LogP contribution >= 0.6 is 11.6 Å². The molecule has 1 rings (SSSR count). The highest BCUT2D eigenvalue weighted by Gasteiger charge is 1.95. The number of nitrogens with zero attached hydrogens (tertiary/aromatic N) is 1. The number of hydrogen-bond acceptors (Lipinski definition) is 2. The molecule has 0 aliphatic heterocycles. The minimum atomic E-state index is 0.533. The zero-order valence-corrected chi connectivity index (χ0v) is 11.4. The van der Waals surface area contributed by atoms with E-state index in [0.717, 1.165) is 18.6 Å². The van der Waals surface area contributed by atoms with Crippen molar-refractivity contribution < 1.29 is 4.74 Å². The van der Waals surface area contributed by atoms with Gasteiger partial charge in [-0.2, -0.15) is 0 Å². The highest BCUT2D eigenvalue weighted by molar-refractivity contribution is 6.29. The lowest BCUT2D eigenvalue weighted by Gasteiger charge is -2.04. The Hall–Kier alpha value is -0.600. The molecule has 0 aromatic carbocycles. The quantitative estimate of drug-likeness (QED) is 0.475. The van der Waals surface area contributed by atoms with Crippen molar-refractivity contribution in [1.82, 2.24) is 4.98 Å². The standard InChI is InChI=1S/C14H22ClNO/c1-2-3-4-5-6-7-10-17-12-13-8-9-16-14(15)11-13/h8-9,11H,2-7,10,12H2,1H3. The predicted molar refractivity (Wildman–Crippen MR) is 72.3 cm³/mol. The van der Waals surface area contributed by atoms with Gasteiger partial charge < -0.3 is 4.74 Å². The third-order valence-electron chi connectivity index (χ3n) is 2.70. The molecular weight excluding hydrogens is 234 g/mol. The highest BCUT2D eigenvalue weighted by atomic mass is 35.5. The molecule has 0 aliphatic carbocycles. The average Bonchev–Trinajstić information content (AvgIpc) is 2.33. The van der Waals surface area contributed by atoms with Gasteiger partial charge in [-0.15, -0.1) is 0 Å². The molecule has 96 valence electrons. The van der Waals surface area contributed by atoms with Gasteiger partial charge in [0.25, 0.3) is 0 Å². The first-order valence-corrected chi connectivity index (χ1v) is 6.89. The maximum absolute atomic E-state index is 5.79. The number of halogens is 1. The molecule has 1 aromatic heterocycles. The number of ether oxygens (including phenoxy) is 1. The summed E-state index contributed by atoms with van der Waals surface area (Å²) >= 11 is 5.79. The molecule has 0 aliphatic rings. The van der Waals surface area contributed by atoms with Gasteiger partial charge in [0.05, 0.1) is 6.61 Å². The molecule has 0 fully saturated rings. The van der Waals surface area contributed by atoms with Crippen molar-refractivity contribution in [3.05, 3.63) is 29.0 Å². The summed E-state index contributed by atoms with van der Waals surface area (Å²) in [5.74, 6) is 0. The number of pyridine rings is 1. The fourth-order valence-corrected chi connectivity index (χ4v) is 1.90. The number of hydrogen-bond donors (Lipinski definition) is 0. The minimum absolute atomic E-state index is 0.533. The Morgan fingerprint density at radius 1 is 1.18 bits per heavy atom. The smallest absolute Gasteiger partial charge is 0.129 e. The lowest BCUT2D eigenvalue weighted by atomic mass is 10.1. The zero-order valence-electron chi connectivity index (χ0n) is 10.6. The maximum atomic E-state index is 5.79. The van der Waals surface area contributed by atoms with Gasteiger partial charge in [0.1, 0.15) is 5.15 Å². The summed E-state index contributed by atoms with van der Waals surface area (Å²) in [5, 5.41) is 0.533. The molecule has 17 heavy (non-hydrogen) atoms. The van der Waals surface area contributed by atoms with Crippen molar-refractivity contribution in [2.45, 2.75) is 52.1 Å². The molecule has 0 saturated carbocycles. The van der Waals surface area contributed by atoms with Gasteiger partial charge in [-0.25, -0.2) is 4.98 Å². The van der Waals surface area contributed by atoms with Crippen molar-refractivity contribution in [3.63, 3.8) is 0 Å². The Bertz CT molecular complexity index is 304. The van der Waals surface area contributed by atoms with Crippen molar-refractivity contribution in [2.24, 2.45) is 0 Å². The van der Waals surface area contributed by atoms with Crippen LogP contribution in [0.1, 0.15) is 51.0 Å². The van der Waals surface area contributed by atoms with E-state index >= 15 is 0 Å². The van der Waals surface area contributed by atoms with Crippen LogP contribution in [0, 0.1) is 0 Å². The van der Waals surface area contributed by atoms with Gasteiger partial charge in [-0.1, -0.05) is 50.6 Å². The molecule has 2 nitrogen and oxygen atoms in total. The number of aromatic nitrogens is 1. The van der Waals surface area contributed by atoms with Crippen molar-refractivity contribution >= 4 is 11.6 Å². The Labute approximate surface area is 109 Å². The third-order valence-corrected chi connectivity index (χ3v) is 2.91. The SMILES string of the molecule is CCCCCCCCOCc1ccnc(Cl)c1. The van der Waals surface area contributed by atoms with Crippen molar-refractivity contribution in [1.29, 1.82) is 0 Å². The first-order chi connectivity index (χ1) is 8.33. The molecule has 0 saturated heterocycles. The van der Waals surface area contributed by atoms with Gasteiger partial charge in [-0.05, 0) is 24.1 Å². The van der Waals surface area contributed by atoms with Crippen LogP contribution in [0.2, 0.25) is 5.15 Å².